The van der Waals surface area contributed by atoms with Gasteiger partial charge >= 0.3 is 0 Å². The Bertz CT molecular complexity index is 721. The fourth-order valence-corrected chi connectivity index (χ4v) is 4.46. The number of piperazine rings is 1. The molecule has 0 bridgehead atoms. The second-order valence-electron chi connectivity index (χ2n) is 6.91. The van der Waals surface area contributed by atoms with E-state index >= 15 is 0 Å². The molecule has 30 heavy (non-hydrogen) atoms. The molecule has 0 saturated carbocycles. The number of ether oxygens (including phenoxy) is 1. The monoisotopic (exact) mass is 431 g/mol. The summed E-state index contributed by atoms with van der Waals surface area (Å²) in [6.07, 6.45) is 0. The van der Waals surface area contributed by atoms with Gasteiger partial charge in [-0.3, -0.25) is 9.80 Å². The molecule has 3 rings (SSSR count). The van der Waals surface area contributed by atoms with Crippen molar-refractivity contribution in [1.29, 1.82) is 0 Å². The fraction of sp³-hybridized carbons (Fsp3) is 0.500. The van der Waals surface area contributed by atoms with Gasteiger partial charge in [0.05, 0.1) is 19.8 Å². The number of hydrogen-bond acceptors (Lipinski definition) is 6. The van der Waals surface area contributed by atoms with Crippen LogP contribution in [-0.4, -0.2) is 74.5 Å². The van der Waals surface area contributed by atoms with Crippen LogP contribution in [0.5, 0.6) is 0 Å². The van der Waals surface area contributed by atoms with Gasteiger partial charge in [-0.2, -0.15) is 0 Å². The minimum atomic E-state index is 0.101. The first kappa shape index (κ1) is 24.7. The molecule has 5 nitrogen and oxygen atoms in total. The highest BCUT2D eigenvalue weighted by Crippen LogP contribution is 2.35. The minimum Gasteiger partial charge on any atom is -0.394 e. The van der Waals surface area contributed by atoms with Crippen LogP contribution in [0.1, 0.15) is 19.4 Å². The maximum atomic E-state index is 8.77. The number of aliphatic hydroxyl groups is 1. The fourth-order valence-electron chi connectivity index (χ4n) is 3.39. The topological polar surface area (TPSA) is 48.0 Å². The van der Waals surface area contributed by atoms with Gasteiger partial charge in [0.25, 0.3) is 0 Å². The van der Waals surface area contributed by atoms with E-state index < -0.39 is 0 Å². The Balaban J connectivity index is 0.00000155. The van der Waals surface area contributed by atoms with Crippen molar-refractivity contribution in [1.82, 2.24) is 9.80 Å². The molecule has 1 aliphatic heterocycles. The zero-order valence-corrected chi connectivity index (χ0v) is 19.5. The number of aliphatic hydroxyl groups excluding tert-OH is 1. The summed E-state index contributed by atoms with van der Waals surface area (Å²) < 4.78 is 5.39. The molecule has 0 spiro atoms. The van der Waals surface area contributed by atoms with Crippen molar-refractivity contribution in [3.8, 4) is 0 Å². The van der Waals surface area contributed by atoms with E-state index in [1.807, 2.05) is 32.7 Å². The smallest absolute Gasteiger partial charge is 0.0698 e. The van der Waals surface area contributed by atoms with Gasteiger partial charge < -0.3 is 15.2 Å². The molecule has 0 amide bonds. The molecule has 1 aliphatic rings. The van der Waals surface area contributed by atoms with Crippen LogP contribution in [0.25, 0.3) is 0 Å². The zero-order chi connectivity index (χ0) is 21.6. The highest BCUT2D eigenvalue weighted by Gasteiger charge is 2.18. The van der Waals surface area contributed by atoms with Gasteiger partial charge in [0.15, 0.2) is 0 Å². The van der Waals surface area contributed by atoms with E-state index in [4.69, 9.17) is 9.84 Å². The van der Waals surface area contributed by atoms with E-state index in [1.165, 1.54) is 21.0 Å². The third-order valence-corrected chi connectivity index (χ3v) is 6.19. The van der Waals surface area contributed by atoms with Gasteiger partial charge in [0.2, 0.25) is 0 Å². The van der Waals surface area contributed by atoms with Crippen molar-refractivity contribution in [2.45, 2.75) is 30.2 Å². The molecule has 0 atom stereocenters. The van der Waals surface area contributed by atoms with Gasteiger partial charge in [-0.15, -0.1) is 0 Å². The molecule has 1 fully saturated rings. The molecule has 2 aromatic carbocycles. The Morgan fingerprint density at radius 3 is 2.23 bits per heavy atom. The molecule has 166 valence electrons. The van der Waals surface area contributed by atoms with Crippen molar-refractivity contribution >= 4 is 17.4 Å². The molecular formula is C24H37N3O2S. The normalized spacial score (nSPS) is 14.8. The van der Waals surface area contributed by atoms with Crippen LogP contribution < -0.4 is 5.32 Å². The lowest BCUT2D eigenvalue weighted by molar-refractivity contribution is 0.0562. The highest BCUT2D eigenvalue weighted by atomic mass is 32.2. The summed E-state index contributed by atoms with van der Waals surface area (Å²) in [7, 11) is 1.97. The van der Waals surface area contributed by atoms with Crippen LogP contribution in [0.15, 0.2) is 58.3 Å². The number of hydrogen-bond donors (Lipinski definition) is 2. The summed E-state index contributed by atoms with van der Waals surface area (Å²) >= 11 is 1.83. The SMILES string of the molecule is CC.CNc1ccccc1Sc1ccccc1CN1CCN(CCOCCO)CC1. The minimum absolute atomic E-state index is 0.101. The molecule has 1 heterocycles. The molecule has 0 radical (unpaired) electrons. The predicted octanol–water partition coefficient (Wildman–Crippen LogP) is 4.03. The van der Waals surface area contributed by atoms with Crippen molar-refractivity contribution in [3.63, 3.8) is 0 Å². The lowest BCUT2D eigenvalue weighted by Crippen LogP contribution is -2.46. The number of nitrogens with zero attached hydrogens (tertiary/aromatic N) is 2. The first-order chi connectivity index (χ1) is 14.8. The van der Waals surface area contributed by atoms with Crippen molar-refractivity contribution < 1.29 is 9.84 Å². The first-order valence-corrected chi connectivity index (χ1v) is 11.8. The number of nitrogens with one attached hydrogen (secondary N) is 1. The summed E-state index contributed by atoms with van der Waals surface area (Å²) in [6.45, 7) is 11.5. The van der Waals surface area contributed by atoms with E-state index in [0.29, 0.717) is 13.2 Å². The maximum absolute atomic E-state index is 8.77. The second-order valence-corrected chi connectivity index (χ2v) is 7.99. The Kier molecular flexibility index (Phi) is 11.9. The molecule has 0 aliphatic carbocycles. The predicted molar refractivity (Wildman–Crippen MR) is 128 cm³/mol. The Morgan fingerprint density at radius 2 is 1.53 bits per heavy atom. The van der Waals surface area contributed by atoms with Crippen molar-refractivity contribution in [2.75, 3.05) is 64.9 Å². The number of benzene rings is 2. The number of anilines is 1. The third kappa shape index (κ3) is 7.93. The summed E-state index contributed by atoms with van der Waals surface area (Å²) in [5.41, 5.74) is 2.55. The van der Waals surface area contributed by atoms with Gasteiger partial charge in [0.1, 0.15) is 0 Å². The summed E-state index contributed by atoms with van der Waals surface area (Å²) in [5, 5.41) is 12.1. The van der Waals surface area contributed by atoms with E-state index in [1.54, 1.807) is 0 Å². The van der Waals surface area contributed by atoms with Crippen LogP contribution in [0, 0.1) is 0 Å². The third-order valence-electron chi connectivity index (χ3n) is 5.00. The van der Waals surface area contributed by atoms with Crippen molar-refractivity contribution in [2.24, 2.45) is 0 Å². The van der Waals surface area contributed by atoms with E-state index in [0.717, 1.165) is 39.3 Å². The molecule has 2 N–H and O–H groups in total. The second kappa shape index (κ2) is 14.4. The average molecular weight is 432 g/mol. The van der Waals surface area contributed by atoms with Crippen LogP contribution in [0.3, 0.4) is 0 Å². The van der Waals surface area contributed by atoms with Gasteiger partial charge in [0, 0.05) is 61.8 Å². The van der Waals surface area contributed by atoms with E-state index in [9.17, 15) is 0 Å². The maximum Gasteiger partial charge on any atom is 0.0698 e. The zero-order valence-electron chi connectivity index (χ0n) is 18.6. The Hall–Kier alpha value is -1.57. The number of para-hydroxylation sites is 1. The molecule has 6 heteroatoms. The lowest BCUT2D eigenvalue weighted by Gasteiger charge is -2.34. The van der Waals surface area contributed by atoms with Crippen LogP contribution in [-0.2, 0) is 11.3 Å². The van der Waals surface area contributed by atoms with Crippen LogP contribution >= 0.6 is 11.8 Å². The summed E-state index contributed by atoms with van der Waals surface area (Å²) in [4.78, 5) is 7.56. The molecule has 2 aromatic rings. The van der Waals surface area contributed by atoms with Crippen LogP contribution in [0.4, 0.5) is 5.69 Å². The Morgan fingerprint density at radius 1 is 0.900 bits per heavy atom. The van der Waals surface area contributed by atoms with Gasteiger partial charge in [-0.25, -0.2) is 0 Å². The lowest BCUT2D eigenvalue weighted by atomic mass is 10.2. The standard InChI is InChI=1S/C22H31N3O2S.C2H6/c1-23-20-7-3-5-9-22(20)28-21-8-4-2-6-19(21)18-25-12-10-24(11-13-25)14-16-27-17-15-26;1-2/h2-9,23,26H,10-18H2,1H3;1-2H3. The quantitative estimate of drug-likeness (QED) is 0.554. The highest BCUT2D eigenvalue weighted by molar-refractivity contribution is 7.99. The Labute approximate surface area is 186 Å². The molecule has 0 unspecified atom stereocenters. The summed E-state index contributed by atoms with van der Waals surface area (Å²) in [5.74, 6) is 0. The average Bonchev–Trinajstić information content (AvgIpc) is 2.81. The molecule has 1 saturated heterocycles. The largest absolute Gasteiger partial charge is 0.394 e. The molecular weight excluding hydrogens is 394 g/mol. The summed E-state index contributed by atoms with van der Waals surface area (Å²) in [6, 6.07) is 17.2. The van der Waals surface area contributed by atoms with Crippen molar-refractivity contribution in [3.05, 3.63) is 54.1 Å². The first-order valence-electron chi connectivity index (χ1n) is 11.0. The van der Waals surface area contributed by atoms with E-state index in [2.05, 4.69) is 63.6 Å². The van der Waals surface area contributed by atoms with Crippen LogP contribution in [0.2, 0.25) is 0 Å². The molecule has 0 aromatic heterocycles. The van der Waals surface area contributed by atoms with E-state index in [-0.39, 0.29) is 6.61 Å². The number of rotatable bonds is 10. The van der Waals surface area contributed by atoms with Gasteiger partial charge in [-0.05, 0) is 23.8 Å². The van der Waals surface area contributed by atoms with Gasteiger partial charge in [-0.1, -0.05) is 55.9 Å².